The fourth-order valence-corrected chi connectivity index (χ4v) is 1.69. The summed E-state index contributed by atoms with van der Waals surface area (Å²) in [6.07, 6.45) is 2.94. The zero-order valence-electron chi connectivity index (χ0n) is 11.0. The summed E-state index contributed by atoms with van der Waals surface area (Å²) in [7, 11) is 1.44. The maximum atomic E-state index is 11.6. The van der Waals surface area contributed by atoms with Crippen molar-refractivity contribution >= 4 is 18.4 Å². The number of methoxy groups -OCH3 is 1. The molecule has 0 aliphatic heterocycles. The molecule has 4 heteroatoms. The molecule has 0 unspecified atom stereocenters. The van der Waals surface area contributed by atoms with Crippen LogP contribution in [0.1, 0.15) is 31.7 Å². The van der Waals surface area contributed by atoms with Crippen molar-refractivity contribution in [2.45, 2.75) is 38.8 Å². The molecular weight excluding hydrogens is 250 g/mol. The van der Waals surface area contributed by atoms with Crippen molar-refractivity contribution in [3.05, 3.63) is 35.9 Å². The van der Waals surface area contributed by atoms with Crippen LogP contribution in [-0.4, -0.2) is 19.1 Å². The third-order valence-electron chi connectivity index (χ3n) is 2.73. The highest BCUT2D eigenvalue weighted by Crippen LogP contribution is 2.05. The van der Waals surface area contributed by atoms with Crippen molar-refractivity contribution in [3.8, 4) is 0 Å². The number of carbonyl (C=O) groups excluding carboxylic acids is 1. The van der Waals surface area contributed by atoms with E-state index in [0.29, 0.717) is 6.54 Å². The SMILES string of the molecule is CCCC[C@H](NCc1ccccc1)C(=O)OC.Cl. The van der Waals surface area contributed by atoms with Crippen molar-refractivity contribution in [2.75, 3.05) is 7.11 Å². The molecule has 3 nitrogen and oxygen atoms in total. The molecule has 0 radical (unpaired) electrons. The van der Waals surface area contributed by atoms with Gasteiger partial charge in [-0.2, -0.15) is 0 Å². The second kappa shape index (κ2) is 9.92. The molecular formula is C14H22ClNO2. The van der Waals surface area contributed by atoms with Crippen LogP contribution in [0, 0.1) is 0 Å². The number of nitrogens with one attached hydrogen (secondary N) is 1. The van der Waals surface area contributed by atoms with Gasteiger partial charge < -0.3 is 10.1 Å². The molecule has 1 atom stereocenters. The topological polar surface area (TPSA) is 38.3 Å². The minimum absolute atomic E-state index is 0. The van der Waals surface area contributed by atoms with E-state index in [4.69, 9.17) is 4.74 Å². The Hall–Kier alpha value is -1.06. The second-order valence-corrected chi connectivity index (χ2v) is 4.08. The number of hydrogen-bond acceptors (Lipinski definition) is 3. The third-order valence-corrected chi connectivity index (χ3v) is 2.73. The Bertz CT molecular complexity index is 330. The van der Waals surface area contributed by atoms with E-state index in [-0.39, 0.29) is 24.4 Å². The molecule has 0 saturated heterocycles. The van der Waals surface area contributed by atoms with Gasteiger partial charge in [0.25, 0.3) is 0 Å². The maximum absolute atomic E-state index is 11.6. The highest BCUT2D eigenvalue weighted by molar-refractivity contribution is 5.85. The summed E-state index contributed by atoms with van der Waals surface area (Å²) in [4.78, 5) is 11.6. The average Bonchev–Trinajstić information content (AvgIpc) is 2.39. The lowest BCUT2D eigenvalue weighted by atomic mass is 10.1. The maximum Gasteiger partial charge on any atom is 0.322 e. The van der Waals surface area contributed by atoms with Crippen LogP contribution >= 0.6 is 12.4 Å². The number of esters is 1. The number of ether oxygens (including phenoxy) is 1. The summed E-state index contributed by atoms with van der Waals surface area (Å²) in [5, 5.41) is 3.25. The zero-order valence-corrected chi connectivity index (χ0v) is 11.8. The molecule has 0 saturated carbocycles. The molecule has 102 valence electrons. The van der Waals surface area contributed by atoms with Crippen LogP contribution in [0.4, 0.5) is 0 Å². The number of halogens is 1. The second-order valence-electron chi connectivity index (χ2n) is 4.08. The molecule has 1 N–H and O–H groups in total. The van der Waals surface area contributed by atoms with Crippen molar-refractivity contribution < 1.29 is 9.53 Å². The van der Waals surface area contributed by atoms with Gasteiger partial charge in [-0.05, 0) is 12.0 Å². The smallest absolute Gasteiger partial charge is 0.322 e. The van der Waals surface area contributed by atoms with Gasteiger partial charge in [0.15, 0.2) is 0 Å². The Morgan fingerprint density at radius 3 is 2.56 bits per heavy atom. The van der Waals surface area contributed by atoms with Gasteiger partial charge in [0.2, 0.25) is 0 Å². The zero-order chi connectivity index (χ0) is 12.5. The normalized spacial score (nSPS) is 11.4. The Morgan fingerprint density at radius 2 is 2.00 bits per heavy atom. The van der Waals surface area contributed by atoms with Gasteiger partial charge in [-0.15, -0.1) is 12.4 Å². The van der Waals surface area contributed by atoms with Crippen LogP contribution in [0.2, 0.25) is 0 Å². The summed E-state index contributed by atoms with van der Waals surface area (Å²) >= 11 is 0. The summed E-state index contributed by atoms with van der Waals surface area (Å²) in [5.41, 5.74) is 1.18. The van der Waals surface area contributed by atoms with Crippen LogP contribution < -0.4 is 5.32 Å². The first-order valence-corrected chi connectivity index (χ1v) is 6.13. The van der Waals surface area contributed by atoms with Gasteiger partial charge in [0.1, 0.15) is 6.04 Å². The quantitative estimate of drug-likeness (QED) is 0.775. The van der Waals surface area contributed by atoms with Crippen LogP contribution in [-0.2, 0) is 16.1 Å². The van der Waals surface area contributed by atoms with E-state index < -0.39 is 0 Å². The fourth-order valence-electron chi connectivity index (χ4n) is 1.69. The van der Waals surface area contributed by atoms with E-state index in [9.17, 15) is 4.79 Å². The molecule has 0 aliphatic carbocycles. The predicted octanol–water partition coefficient (Wildman–Crippen LogP) is 2.93. The first kappa shape index (κ1) is 16.9. The largest absolute Gasteiger partial charge is 0.468 e. The summed E-state index contributed by atoms with van der Waals surface area (Å²) in [5.74, 6) is -0.172. The molecule has 0 amide bonds. The van der Waals surface area contributed by atoms with Crippen LogP contribution in [0.3, 0.4) is 0 Å². The van der Waals surface area contributed by atoms with Gasteiger partial charge in [0.05, 0.1) is 7.11 Å². The fraction of sp³-hybridized carbons (Fsp3) is 0.500. The Kier molecular flexibility index (Phi) is 9.33. The van der Waals surface area contributed by atoms with Crippen molar-refractivity contribution in [1.82, 2.24) is 5.32 Å². The molecule has 0 heterocycles. The van der Waals surface area contributed by atoms with Crippen LogP contribution in [0.15, 0.2) is 30.3 Å². The lowest BCUT2D eigenvalue weighted by molar-refractivity contribution is -0.143. The molecule has 1 aromatic carbocycles. The first-order valence-electron chi connectivity index (χ1n) is 6.13. The number of rotatable bonds is 7. The average molecular weight is 272 g/mol. The Morgan fingerprint density at radius 1 is 1.33 bits per heavy atom. The van der Waals surface area contributed by atoms with Crippen molar-refractivity contribution in [1.29, 1.82) is 0 Å². The minimum atomic E-state index is -0.194. The van der Waals surface area contributed by atoms with Gasteiger partial charge in [-0.3, -0.25) is 4.79 Å². The molecule has 0 bridgehead atoms. The lowest BCUT2D eigenvalue weighted by Crippen LogP contribution is -2.37. The first-order chi connectivity index (χ1) is 8.27. The van der Waals surface area contributed by atoms with Gasteiger partial charge in [-0.1, -0.05) is 50.1 Å². The van der Waals surface area contributed by atoms with Gasteiger partial charge >= 0.3 is 5.97 Å². The standard InChI is InChI=1S/C14H21NO2.ClH/c1-3-4-10-13(14(16)17-2)15-11-12-8-6-5-7-9-12;/h5-9,13,15H,3-4,10-11H2,1-2H3;1H/t13-;/m0./s1. The monoisotopic (exact) mass is 271 g/mol. The van der Waals surface area contributed by atoms with E-state index in [2.05, 4.69) is 12.2 Å². The number of hydrogen-bond donors (Lipinski definition) is 1. The summed E-state index contributed by atoms with van der Waals surface area (Å²) < 4.78 is 4.80. The molecule has 18 heavy (non-hydrogen) atoms. The van der Waals surface area contributed by atoms with Gasteiger partial charge in [0, 0.05) is 6.54 Å². The molecule has 0 aliphatic rings. The van der Waals surface area contributed by atoms with Gasteiger partial charge in [-0.25, -0.2) is 0 Å². The Balaban J connectivity index is 0.00000289. The molecule has 0 fully saturated rings. The van der Waals surface area contributed by atoms with Crippen molar-refractivity contribution in [3.63, 3.8) is 0 Å². The van der Waals surface area contributed by atoms with E-state index in [1.54, 1.807) is 0 Å². The number of benzene rings is 1. The molecule has 0 aromatic heterocycles. The molecule has 1 rings (SSSR count). The van der Waals surface area contributed by atoms with Crippen LogP contribution in [0.25, 0.3) is 0 Å². The van der Waals surface area contributed by atoms with E-state index in [1.807, 2.05) is 30.3 Å². The van der Waals surface area contributed by atoms with Crippen LogP contribution in [0.5, 0.6) is 0 Å². The predicted molar refractivity (Wildman–Crippen MR) is 75.9 cm³/mol. The Labute approximate surface area is 115 Å². The minimum Gasteiger partial charge on any atom is -0.468 e. The van der Waals surface area contributed by atoms with Crippen molar-refractivity contribution in [2.24, 2.45) is 0 Å². The number of carbonyl (C=O) groups is 1. The molecule has 1 aromatic rings. The van der Waals surface area contributed by atoms with E-state index in [1.165, 1.54) is 12.7 Å². The lowest BCUT2D eigenvalue weighted by Gasteiger charge is -2.16. The summed E-state index contributed by atoms with van der Waals surface area (Å²) in [6, 6.07) is 9.87. The third kappa shape index (κ3) is 6.03. The molecule has 0 spiro atoms. The van der Waals surface area contributed by atoms with E-state index in [0.717, 1.165) is 19.3 Å². The van der Waals surface area contributed by atoms with E-state index >= 15 is 0 Å². The highest BCUT2D eigenvalue weighted by Gasteiger charge is 2.17. The summed E-state index contributed by atoms with van der Waals surface area (Å²) in [6.45, 7) is 2.82. The number of unbranched alkanes of at least 4 members (excludes halogenated alkanes) is 1. The highest BCUT2D eigenvalue weighted by atomic mass is 35.5.